The Kier molecular flexibility index (Phi) is 52.3. The van der Waals surface area contributed by atoms with Crippen LogP contribution in [-0.2, 0) is 42.2 Å². The molecule has 0 bridgehead atoms. The second kappa shape index (κ2) is 54.4. The van der Waals surface area contributed by atoms with Crippen LogP contribution in [0, 0.1) is 0 Å². The molecule has 12 heteroatoms. The lowest BCUT2D eigenvalue weighted by molar-refractivity contribution is -0.161. The van der Waals surface area contributed by atoms with E-state index in [1.165, 1.54) is 89.9 Å². The molecule has 418 valence electrons. The number of esters is 3. The maximum Gasteiger partial charge on any atom is 0.472 e. The highest BCUT2D eigenvalue weighted by atomic mass is 31.2. The number of aliphatic hydroxyl groups excluding tert-OH is 1. The molecule has 72 heavy (non-hydrogen) atoms. The lowest BCUT2D eigenvalue weighted by Crippen LogP contribution is -2.30. The third kappa shape index (κ3) is 52.1. The molecule has 11 nitrogen and oxygen atoms in total. The van der Waals surface area contributed by atoms with Crippen LogP contribution in [0.2, 0.25) is 0 Å². The summed E-state index contributed by atoms with van der Waals surface area (Å²) in [4.78, 5) is 48.5. The van der Waals surface area contributed by atoms with Gasteiger partial charge in [-0.15, -0.1) is 0 Å². The van der Waals surface area contributed by atoms with Gasteiger partial charge in [-0.25, -0.2) is 4.57 Å². The number of allylic oxidation sites excluding steroid dienone is 10. The van der Waals surface area contributed by atoms with Crippen molar-refractivity contribution in [3.05, 3.63) is 60.8 Å². The van der Waals surface area contributed by atoms with Crippen LogP contribution < -0.4 is 0 Å². The van der Waals surface area contributed by atoms with Gasteiger partial charge < -0.3 is 24.2 Å². The van der Waals surface area contributed by atoms with E-state index in [9.17, 15) is 28.9 Å². The molecule has 0 aromatic rings. The second-order valence-electron chi connectivity index (χ2n) is 19.5. The molecule has 0 aliphatic carbocycles. The van der Waals surface area contributed by atoms with Crippen molar-refractivity contribution >= 4 is 25.7 Å². The van der Waals surface area contributed by atoms with E-state index in [2.05, 4.69) is 81.5 Å². The Hall–Kier alpha value is -2.82. The molecule has 0 aliphatic heterocycles. The van der Waals surface area contributed by atoms with Gasteiger partial charge in [0.25, 0.3) is 0 Å². The fourth-order valence-electron chi connectivity index (χ4n) is 7.92. The number of hydrogen-bond donors (Lipinski definition) is 2. The first-order valence-corrected chi connectivity index (χ1v) is 30.7. The first-order chi connectivity index (χ1) is 35.2. The number of carbonyl (C=O) groups excluding carboxylic acids is 3. The topological polar surface area (TPSA) is 155 Å². The van der Waals surface area contributed by atoms with Crippen LogP contribution in [0.3, 0.4) is 0 Å². The van der Waals surface area contributed by atoms with E-state index in [1.54, 1.807) is 0 Å². The fourth-order valence-corrected chi connectivity index (χ4v) is 8.71. The minimum absolute atomic E-state index is 0.150. The van der Waals surface area contributed by atoms with Crippen LogP contribution in [0.4, 0.5) is 0 Å². The number of phosphoric ester groups is 1. The lowest BCUT2D eigenvalue weighted by Gasteiger charge is -2.21. The van der Waals surface area contributed by atoms with E-state index in [1.807, 2.05) is 0 Å². The molecule has 0 saturated carbocycles. The molecule has 0 aromatic carbocycles. The maximum absolute atomic E-state index is 12.9. The zero-order valence-electron chi connectivity index (χ0n) is 46.1. The van der Waals surface area contributed by atoms with Crippen LogP contribution in [0.25, 0.3) is 0 Å². The third-order valence-corrected chi connectivity index (χ3v) is 13.4. The van der Waals surface area contributed by atoms with E-state index < -0.39 is 57.8 Å². The maximum atomic E-state index is 12.9. The van der Waals surface area contributed by atoms with Crippen molar-refractivity contribution in [2.24, 2.45) is 0 Å². The van der Waals surface area contributed by atoms with Gasteiger partial charge in [0.15, 0.2) is 6.10 Å². The average Bonchev–Trinajstić information content (AvgIpc) is 3.37. The zero-order chi connectivity index (χ0) is 52.7. The molecule has 0 aromatic heterocycles. The molecule has 0 heterocycles. The SMILES string of the molecule is CCCCC/C=C\C/C=C\C/C=C\CCCCCCCCC(=O)OC(COC(=O)CCCCCCC/C=C\C/C=C\CCCCC)COP(=O)(O)OCC(CO)OC(=O)CCCCCCCCCCCCC. The molecular formula is C60H107O11P. The summed E-state index contributed by atoms with van der Waals surface area (Å²) in [6.45, 7) is 4.57. The number of phosphoric acid groups is 1. The number of carbonyl (C=O) groups is 3. The highest BCUT2D eigenvalue weighted by Crippen LogP contribution is 2.43. The molecular weight excluding hydrogens is 928 g/mol. The Morgan fingerprint density at radius 1 is 0.389 bits per heavy atom. The Labute approximate surface area is 440 Å². The number of rotatable bonds is 54. The smallest absolute Gasteiger partial charge is 0.462 e. The molecule has 0 rings (SSSR count). The number of ether oxygens (including phenoxy) is 3. The summed E-state index contributed by atoms with van der Waals surface area (Å²) >= 11 is 0. The minimum atomic E-state index is -4.75. The molecule has 0 fully saturated rings. The van der Waals surface area contributed by atoms with Gasteiger partial charge in [0.05, 0.1) is 19.8 Å². The first-order valence-electron chi connectivity index (χ1n) is 29.2. The number of hydrogen-bond acceptors (Lipinski definition) is 10. The van der Waals surface area contributed by atoms with Crippen LogP contribution >= 0.6 is 7.82 Å². The molecule has 3 atom stereocenters. The van der Waals surface area contributed by atoms with Crippen molar-refractivity contribution in [1.29, 1.82) is 0 Å². The predicted octanol–water partition coefficient (Wildman–Crippen LogP) is 17.1. The van der Waals surface area contributed by atoms with Crippen LogP contribution in [0.15, 0.2) is 60.8 Å². The van der Waals surface area contributed by atoms with E-state index in [0.29, 0.717) is 19.3 Å². The second-order valence-corrected chi connectivity index (χ2v) is 20.9. The monoisotopic (exact) mass is 1030 g/mol. The van der Waals surface area contributed by atoms with Crippen molar-refractivity contribution in [3.8, 4) is 0 Å². The molecule has 2 N–H and O–H groups in total. The standard InChI is InChI=1S/C60H107O11P/c1-4-7-10-13-16-19-22-24-26-27-28-29-31-33-36-39-42-45-48-51-60(64)71-57(53-67-58(62)49-46-43-40-37-35-32-30-25-23-20-17-14-11-8-5-2)55-69-72(65,66)68-54-56(52-61)70-59(63)50-47-44-41-38-34-21-18-15-12-9-6-3/h16-17,19-20,24-26,28-30,56-57,61H,4-15,18,21-23,27,31-55H2,1-3H3,(H,65,66)/b19-16-,20-17-,26-24-,29-28-,30-25-. The average molecular weight is 1040 g/mol. The van der Waals surface area contributed by atoms with Crippen molar-refractivity contribution < 1.29 is 52.2 Å². The van der Waals surface area contributed by atoms with Gasteiger partial charge in [0, 0.05) is 19.3 Å². The molecule has 0 amide bonds. The largest absolute Gasteiger partial charge is 0.472 e. The van der Waals surface area contributed by atoms with Crippen LogP contribution in [-0.4, -0.2) is 66.5 Å². The third-order valence-electron chi connectivity index (χ3n) is 12.4. The Morgan fingerprint density at radius 3 is 1.07 bits per heavy atom. The summed E-state index contributed by atoms with van der Waals surface area (Å²) in [7, 11) is -4.75. The van der Waals surface area contributed by atoms with Gasteiger partial charge in [0.1, 0.15) is 12.7 Å². The Morgan fingerprint density at radius 2 is 0.681 bits per heavy atom. The summed E-state index contributed by atoms with van der Waals surface area (Å²) in [5, 5.41) is 9.79. The van der Waals surface area contributed by atoms with Gasteiger partial charge in [-0.3, -0.25) is 23.4 Å². The molecule has 0 saturated heterocycles. The van der Waals surface area contributed by atoms with Gasteiger partial charge >= 0.3 is 25.7 Å². The molecule has 3 unspecified atom stereocenters. The number of unbranched alkanes of at least 4 members (excludes halogenated alkanes) is 27. The minimum Gasteiger partial charge on any atom is -0.462 e. The summed E-state index contributed by atoms with van der Waals surface area (Å²) in [5.74, 6) is -1.49. The van der Waals surface area contributed by atoms with Gasteiger partial charge in [0.2, 0.25) is 0 Å². The summed E-state index contributed by atoms with van der Waals surface area (Å²) in [6.07, 6.45) is 58.9. The summed E-state index contributed by atoms with van der Waals surface area (Å²) in [6, 6.07) is 0. The van der Waals surface area contributed by atoms with Crippen molar-refractivity contribution in [2.45, 2.75) is 277 Å². The van der Waals surface area contributed by atoms with Crippen molar-refractivity contribution in [1.82, 2.24) is 0 Å². The predicted molar refractivity (Wildman–Crippen MR) is 298 cm³/mol. The van der Waals surface area contributed by atoms with E-state index >= 15 is 0 Å². The zero-order valence-corrected chi connectivity index (χ0v) is 47.0. The quantitative estimate of drug-likeness (QED) is 0.0197. The molecule has 0 radical (unpaired) electrons. The van der Waals surface area contributed by atoms with Crippen molar-refractivity contribution in [2.75, 3.05) is 26.4 Å². The normalized spacial score (nSPS) is 13.8. The van der Waals surface area contributed by atoms with Crippen LogP contribution in [0.1, 0.15) is 265 Å². The van der Waals surface area contributed by atoms with Crippen LogP contribution in [0.5, 0.6) is 0 Å². The highest BCUT2D eigenvalue weighted by Gasteiger charge is 2.28. The fraction of sp³-hybridized carbons (Fsp3) is 0.783. The highest BCUT2D eigenvalue weighted by molar-refractivity contribution is 7.47. The van der Waals surface area contributed by atoms with Gasteiger partial charge in [-0.2, -0.15) is 0 Å². The van der Waals surface area contributed by atoms with E-state index in [0.717, 1.165) is 116 Å². The Bertz CT molecular complexity index is 1440. The Balaban J connectivity index is 4.76. The number of aliphatic hydroxyl groups is 1. The lowest BCUT2D eigenvalue weighted by atomic mass is 10.1. The molecule has 0 aliphatic rings. The first kappa shape index (κ1) is 69.2. The van der Waals surface area contributed by atoms with E-state index in [4.69, 9.17) is 23.3 Å². The van der Waals surface area contributed by atoms with Gasteiger partial charge in [-0.05, 0) is 89.9 Å². The van der Waals surface area contributed by atoms with Crippen molar-refractivity contribution in [3.63, 3.8) is 0 Å². The van der Waals surface area contributed by atoms with E-state index in [-0.39, 0.29) is 25.9 Å². The summed E-state index contributed by atoms with van der Waals surface area (Å²) in [5.41, 5.74) is 0. The summed E-state index contributed by atoms with van der Waals surface area (Å²) < 4.78 is 39.5. The van der Waals surface area contributed by atoms with Gasteiger partial charge in [-0.1, -0.05) is 216 Å². The molecule has 0 spiro atoms.